The molecule has 0 amide bonds. The highest BCUT2D eigenvalue weighted by Crippen LogP contribution is 2.13. The van der Waals surface area contributed by atoms with Crippen LogP contribution in [0.4, 0.5) is 0 Å². The van der Waals surface area contributed by atoms with Crippen molar-refractivity contribution in [2.45, 2.75) is 207 Å². The Morgan fingerprint density at radius 3 is 1.14 bits per heavy atom. The third kappa shape index (κ3) is 45.3. The van der Waals surface area contributed by atoms with Crippen molar-refractivity contribution in [3.05, 3.63) is 97.2 Å². The Morgan fingerprint density at radius 1 is 0.356 bits per heavy atom. The van der Waals surface area contributed by atoms with Crippen molar-refractivity contribution >= 4 is 17.9 Å². The Labute approximate surface area is 362 Å². The van der Waals surface area contributed by atoms with Crippen LogP contribution >= 0.6 is 0 Å². The van der Waals surface area contributed by atoms with Crippen LogP contribution in [0.1, 0.15) is 201 Å². The Bertz CT molecular complexity index is 1220. The number of esters is 3. The third-order valence-corrected chi connectivity index (χ3v) is 9.63. The van der Waals surface area contributed by atoms with E-state index in [2.05, 4.69) is 118 Å². The van der Waals surface area contributed by atoms with Crippen LogP contribution in [0.2, 0.25) is 0 Å². The number of unbranched alkanes of at least 4 members (excludes halogenated alkanes) is 16. The Kier molecular flexibility index (Phi) is 44.1. The summed E-state index contributed by atoms with van der Waals surface area (Å²) < 4.78 is 16.7. The van der Waals surface area contributed by atoms with Crippen LogP contribution in [0.25, 0.3) is 0 Å². The van der Waals surface area contributed by atoms with Gasteiger partial charge in [-0.25, -0.2) is 0 Å². The summed E-state index contributed by atoms with van der Waals surface area (Å²) in [6.07, 6.45) is 61.0. The van der Waals surface area contributed by atoms with Gasteiger partial charge in [0.2, 0.25) is 0 Å². The van der Waals surface area contributed by atoms with Crippen LogP contribution in [0, 0.1) is 0 Å². The van der Waals surface area contributed by atoms with Gasteiger partial charge in [0.05, 0.1) is 0 Å². The largest absolute Gasteiger partial charge is 0.462 e. The zero-order valence-corrected chi connectivity index (χ0v) is 38.0. The van der Waals surface area contributed by atoms with Gasteiger partial charge in [0.15, 0.2) is 6.10 Å². The van der Waals surface area contributed by atoms with E-state index in [0.29, 0.717) is 19.3 Å². The molecule has 59 heavy (non-hydrogen) atoms. The molecule has 0 saturated heterocycles. The summed E-state index contributed by atoms with van der Waals surface area (Å²) in [4.78, 5) is 37.9. The Balaban J connectivity index is 4.48. The third-order valence-electron chi connectivity index (χ3n) is 9.63. The molecule has 334 valence electrons. The summed E-state index contributed by atoms with van der Waals surface area (Å²) in [5.41, 5.74) is 0. The maximum atomic E-state index is 12.8. The maximum Gasteiger partial charge on any atom is 0.306 e. The van der Waals surface area contributed by atoms with Gasteiger partial charge >= 0.3 is 17.9 Å². The molecule has 6 heteroatoms. The van der Waals surface area contributed by atoms with Crippen molar-refractivity contribution in [3.8, 4) is 0 Å². The molecule has 0 aliphatic heterocycles. The second-order valence-corrected chi connectivity index (χ2v) is 15.3. The zero-order valence-electron chi connectivity index (χ0n) is 38.0. The lowest BCUT2D eigenvalue weighted by atomic mass is 10.1. The number of carbonyl (C=O) groups is 3. The number of allylic oxidation sites excluding steroid dienone is 16. The summed E-state index contributed by atoms with van der Waals surface area (Å²) in [5.74, 6) is -0.958. The molecule has 0 aromatic rings. The number of hydrogen-bond acceptors (Lipinski definition) is 6. The van der Waals surface area contributed by atoms with Gasteiger partial charge in [-0.15, -0.1) is 0 Å². The Morgan fingerprint density at radius 2 is 0.695 bits per heavy atom. The molecular weight excluding hydrogens is 733 g/mol. The molecule has 1 unspecified atom stereocenters. The van der Waals surface area contributed by atoms with Crippen LogP contribution in [0.15, 0.2) is 97.2 Å². The van der Waals surface area contributed by atoms with E-state index >= 15 is 0 Å². The number of hydrogen-bond donors (Lipinski definition) is 0. The SMILES string of the molecule is CC\C=C/C=C\C=C/CCCCCCCC(=O)OCC(COC(=O)CCCCCC/C=C\C/C=C\C/C=C\CC)OC(=O)CCCCCCCCC/C=C\C/C=C\CC. The predicted molar refractivity (Wildman–Crippen MR) is 251 cm³/mol. The monoisotopic (exact) mass is 819 g/mol. The lowest BCUT2D eigenvalue weighted by molar-refractivity contribution is -0.167. The molecule has 0 N–H and O–H groups in total. The first-order valence-corrected chi connectivity index (χ1v) is 23.8. The normalized spacial score (nSPS) is 12.9. The quantitative estimate of drug-likeness (QED) is 0.0201. The minimum absolute atomic E-state index is 0.100. The van der Waals surface area contributed by atoms with Crippen LogP contribution < -0.4 is 0 Å². The molecular formula is C53H86O6. The molecule has 0 saturated carbocycles. The molecule has 0 fully saturated rings. The van der Waals surface area contributed by atoms with Crippen LogP contribution in [-0.2, 0) is 28.6 Å². The number of rotatable bonds is 41. The van der Waals surface area contributed by atoms with Gasteiger partial charge in [0.1, 0.15) is 13.2 Å². The number of carbonyl (C=O) groups excluding carboxylic acids is 3. The van der Waals surface area contributed by atoms with Gasteiger partial charge in [-0.2, -0.15) is 0 Å². The average molecular weight is 819 g/mol. The molecule has 0 rings (SSSR count). The van der Waals surface area contributed by atoms with Crippen molar-refractivity contribution in [2.24, 2.45) is 0 Å². The van der Waals surface area contributed by atoms with E-state index in [1.54, 1.807) is 0 Å². The lowest BCUT2D eigenvalue weighted by Crippen LogP contribution is -2.30. The summed E-state index contributed by atoms with van der Waals surface area (Å²) in [6.45, 7) is 6.22. The molecule has 0 bridgehead atoms. The second kappa shape index (κ2) is 47.0. The van der Waals surface area contributed by atoms with Crippen LogP contribution in [0.5, 0.6) is 0 Å². The molecule has 1 atom stereocenters. The first kappa shape index (κ1) is 55.3. The smallest absolute Gasteiger partial charge is 0.306 e. The molecule has 0 aliphatic carbocycles. The van der Waals surface area contributed by atoms with Gasteiger partial charge in [-0.3, -0.25) is 14.4 Å². The van der Waals surface area contributed by atoms with Gasteiger partial charge in [0.25, 0.3) is 0 Å². The molecule has 0 radical (unpaired) electrons. The van der Waals surface area contributed by atoms with E-state index in [-0.39, 0.29) is 31.1 Å². The van der Waals surface area contributed by atoms with Gasteiger partial charge in [-0.05, 0) is 96.3 Å². The molecule has 0 aromatic heterocycles. The van der Waals surface area contributed by atoms with Crippen LogP contribution in [-0.4, -0.2) is 37.2 Å². The van der Waals surface area contributed by atoms with Crippen LogP contribution in [0.3, 0.4) is 0 Å². The molecule has 0 aromatic carbocycles. The van der Waals surface area contributed by atoms with Gasteiger partial charge in [0, 0.05) is 19.3 Å². The van der Waals surface area contributed by atoms with Crippen molar-refractivity contribution in [2.75, 3.05) is 13.2 Å². The van der Waals surface area contributed by atoms with E-state index in [0.717, 1.165) is 135 Å². The van der Waals surface area contributed by atoms with E-state index in [1.807, 2.05) is 0 Å². The highest BCUT2D eigenvalue weighted by molar-refractivity contribution is 5.71. The van der Waals surface area contributed by atoms with Gasteiger partial charge in [-0.1, -0.05) is 182 Å². The molecule has 0 spiro atoms. The fourth-order valence-corrected chi connectivity index (χ4v) is 6.14. The lowest BCUT2D eigenvalue weighted by Gasteiger charge is -2.18. The zero-order chi connectivity index (χ0) is 43.0. The number of ether oxygens (including phenoxy) is 3. The summed E-state index contributed by atoms with van der Waals surface area (Å²) in [7, 11) is 0. The summed E-state index contributed by atoms with van der Waals surface area (Å²) in [6, 6.07) is 0. The fraction of sp³-hybridized carbons (Fsp3) is 0.642. The minimum atomic E-state index is -0.799. The van der Waals surface area contributed by atoms with Crippen molar-refractivity contribution in [3.63, 3.8) is 0 Å². The fourth-order valence-electron chi connectivity index (χ4n) is 6.14. The summed E-state index contributed by atoms with van der Waals surface area (Å²) in [5, 5.41) is 0. The molecule has 6 nitrogen and oxygen atoms in total. The maximum absolute atomic E-state index is 12.8. The average Bonchev–Trinajstić information content (AvgIpc) is 3.23. The molecule has 0 aliphatic rings. The Hall–Kier alpha value is -3.67. The first-order chi connectivity index (χ1) is 29.0. The predicted octanol–water partition coefficient (Wildman–Crippen LogP) is 15.4. The van der Waals surface area contributed by atoms with E-state index in [4.69, 9.17) is 14.2 Å². The van der Waals surface area contributed by atoms with E-state index in [9.17, 15) is 14.4 Å². The van der Waals surface area contributed by atoms with Gasteiger partial charge < -0.3 is 14.2 Å². The second-order valence-electron chi connectivity index (χ2n) is 15.3. The van der Waals surface area contributed by atoms with Crippen molar-refractivity contribution in [1.29, 1.82) is 0 Å². The minimum Gasteiger partial charge on any atom is -0.462 e. The van der Waals surface area contributed by atoms with Crippen molar-refractivity contribution in [1.82, 2.24) is 0 Å². The summed E-state index contributed by atoms with van der Waals surface area (Å²) >= 11 is 0. The highest BCUT2D eigenvalue weighted by Gasteiger charge is 2.19. The van der Waals surface area contributed by atoms with E-state index < -0.39 is 6.10 Å². The topological polar surface area (TPSA) is 78.9 Å². The first-order valence-electron chi connectivity index (χ1n) is 23.8. The highest BCUT2D eigenvalue weighted by atomic mass is 16.6. The standard InChI is InChI=1S/C53H86O6/c1-4-7-10-13-16-19-22-25-28-31-34-37-40-43-46-52(55)58-49-50(48-57-51(54)45-42-39-36-33-30-27-24-21-18-15-12-9-6-3)59-53(56)47-44-41-38-35-32-29-26-23-20-17-14-11-8-5-2/h7-12,15-21,24-25,28,50H,4-6,13-14,22-23,26-27,29-49H2,1-3H3/b10-7-,11-8-,12-9-,18-15-,19-16-,20-17-,24-21-,28-25-. The molecule has 0 heterocycles. The van der Waals surface area contributed by atoms with E-state index in [1.165, 1.54) is 25.7 Å². The van der Waals surface area contributed by atoms with Crippen molar-refractivity contribution < 1.29 is 28.6 Å².